The number of nitrogens with zero attached hydrogens (tertiary/aromatic N) is 1. The maximum atomic E-state index is 12.4. The van der Waals surface area contributed by atoms with E-state index < -0.39 is 0 Å². The van der Waals surface area contributed by atoms with Crippen LogP contribution in [0.2, 0.25) is 0 Å². The fourth-order valence-electron chi connectivity index (χ4n) is 2.49. The lowest BCUT2D eigenvalue weighted by Gasteiger charge is -2.06. The van der Waals surface area contributed by atoms with Crippen molar-refractivity contribution in [2.75, 3.05) is 11.9 Å². The molecule has 0 atom stereocenters. The van der Waals surface area contributed by atoms with Crippen molar-refractivity contribution in [3.63, 3.8) is 0 Å². The molecule has 0 bridgehead atoms. The van der Waals surface area contributed by atoms with Gasteiger partial charge in [0.15, 0.2) is 0 Å². The van der Waals surface area contributed by atoms with Crippen molar-refractivity contribution >= 4 is 11.6 Å². The molecule has 128 valence electrons. The Balaban J connectivity index is 1.73. The molecule has 1 amide bonds. The Hall–Kier alpha value is -3.08. The van der Waals surface area contributed by atoms with Gasteiger partial charge in [-0.15, -0.1) is 0 Å². The molecule has 2 N–H and O–H groups in total. The number of H-pyrrole nitrogens is 1. The second-order valence-corrected chi connectivity index (χ2v) is 5.88. The summed E-state index contributed by atoms with van der Waals surface area (Å²) in [6.45, 7) is 6.64. The van der Waals surface area contributed by atoms with Gasteiger partial charge in [0.25, 0.3) is 5.91 Å². The second-order valence-electron chi connectivity index (χ2n) is 5.88. The number of aromatic nitrogens is 2. The Morgan fingerprint density at radius 2 is 1.84 bits per heavy atom. The van der Waals surface area contributed by atoms with E-state index in [0.717, 1.165) is 22.6 Å². The van der Waals surface area contributed by atoms with Crippen LogP contribution in [0.15, 0.2) is 48.5 Å². The number of aryl methyl sites for hydroxylation is 2. The first-order chi connectivity index (χ1) is 12.1. The van der Waals surface area contributed by atoms with Crippen molar-refractivity contribution < 1.29 is 9.53 Å². The Morgan fingerprint density at radius 1 is 1.08 bits per heavy atom. The number of ether oxygens (including phenoxy) is 1. The van der Waals surface area contributed by atoms with Crippen LogP contribution in [-0.2, 0) is 0 Å². The van der Waals surface area contributed by atoms with E-state index in [1.54, 1.807) is 6.07 Å². The lowest BCUT2D eigenvalue weighted by Crippen LogP contribution is -2.12. The van der Waals surface area contributed by atoms with E-state index in [1.807, 2.05) is 63.2 Å². The SMILES string of the molecule is CCOc1ccc(-c2cc(C(=O)Nc3ccc(C)c(C)c3)[nH]n2)cc1. The summed E-state index contributed by atoms with van der Waals surface area (Å²) >= 11 is 0. The standard InChI is InChI=1S/C20H21N3O2/c1-4-25-17-9-6-15(7-10-17)18-12-19(23-22-18)20(24)21-16-8-5-13(2)14(3)11-16/h5-12H,4H2,1-3H3,(H,21,24)(H,22,23). The minimum atomic E-state index is -0.215. The van der Waals surface area contributed by atoms with Gasteiger partial charge in [-0.2, -0.15) is 5.10 Å². The van der Waals surface area contributed by atoms with Gasteiger partial charge >= 0.3 is 0 Å². The van der Waals surface area contributed by atoms with Gasteiger partial charge in [-0.1, -0.05) is 6.07 Å². The summed E-state index contributed by atoms with van der Waals surface area (Å²) in [5.74, 6) is 0.599. The van der Waals surface area contributed by atoms with E-state index in [1.165, 1.54) is 5.56 Å². The second kappa shape index (κ2) is 7.21. The zero-order chi connectivity index (χ0) is 17.8. The number of hydrogen-bond donors (Lipinski definition) is 2. The van der Waals surface area contributed by atoms with Crippen LogP contribution < -0.4 is 10.1 Å². The molecule has 5 heteroatoms. The Kier molecular flexibility index (Phi) is 4.84. The average molecular weight is 335 g/mol. The fourth-order valence-corrected chi connectivity index (χ4v) is 2.49. The number of hydrogen-bond acceptors (Lipinski definition) is 3. The normalized spacial score (nSPS) is 10.5. The lowest BCUT2D eigenvalue weighted by atomic mass is 10.1. The number of carbonyl (C=O) groups excluding carboxylic acids is 1. The molecule has 0 unspecified atom stereocenters. The molecule has 25 heavy (non-hydrogen) atoms. The van der Waals surface area contributed by atoms with Crippen molar-refractivity contribution in [2.45, 2.75) is 20.8 Å². The third-order valence-corrected chi connectivity index (χ3v) is 4.05. The van der Waals surface area contributed by atoms with Crippen LogP contribution in [0.3, 0.4) is 0 Å². The van der Waals surface area contributed by atoms with Gasteiger partial charge in [0.05, 0.1) is 12.3 Å². The van der Waals surface area contributed by atoms with E-state index >= 15 is 0 Å². The van der Waals surface area contributed by atoms with Crippen LogP contribution in [0.5, 0.6) is 5.75 Å². The first kappa shape index (κ1) is 16.8. The minimum Gasteiger partial charge on any atom is -0.494 e. The van der Waals surface area contributed by atoms with Gasteiger partial charge in [0.2, 0.25) is 0 Å². The molecule has 0 saturated carbocycles. The quantitative estimate of drug-likeness (QED) is 0.728. The first-order valence-corrected chi connectivity index (χ1v) is 8.24. The highest BCUT2D eigenvalue weighted by molar-refractivity contribution is 6.03. The third-order valence-electron chi connectivity index (χ3n) is 4.05. The third kappa shape index (κ3) is 3.88. The molecule has 0 radical (unpaired) electrons. The van der Waals surface area contributed by atoms with Crippen LogP contribution in [0.25, 0.3) is 11.3 Å². The van der Waals surface area contributed by atoms with Gasteiger partial charge < -0.3 is 10.1 Å². The van der Waals surface area contributed by atoms with E-state index in [-0.39, 0.29) is 5.91 Å². The van der Waals surface area contributed by atoms with Gasteiger partial charge in [-0.25, -0.2) is 0 Å². The minimum absolute atomic E-state index is 0.215. The number of carbonyl (C=O) groups is 1. The van der Waals surface area contributed by atoms with Crippen molar-refractivity contribution in [3.05, 3.63) is 65.4 Å². The fraction of sp³-hybridized carbons (Fsp3) is 0.200. The number of aromatic amines is 1. The number of amides is 1. The van der Waals surface area contributed by atoms with E-state index in [2.05, 4.69) is 15.5 Å². The summed E-state index contributed by atoms with van der Waals surface area (Å²) in [4.78, 5) is 12.4. The van der Waals surface area contributed by atoms with Crippen molar-refractivity contribution in [2.24, 2.45) is 0 Å². The van der Waals surface area contributed by atoms with E-state index in [0.29, 0.717) is 18.0 Å². The van der Waals surface area contributed by atoms with Crippen molar-refractivity contribution in [1.29, 1.82) is 0 Å². The van der Waals surface area contributed by atoms with Crippen molar-refractivity contribution in [1.82, 2.24) is 10.2 Å². The molecular weight excluding hydrogens is 314 g/mol. The molecule has 3 aromatic rings. The molecule has 0 saturated heterocycles. The lowest BCUT2D eigenvalue weighted by molar-refractivity contribution is 0.102. The molecule has 0 fully saturated rings. The number of benzene rings is 2. The number of nitrogens with one attached hydrogen (secondary N) is 2. The first-order valence-electron chi connectivity index (χ1n) is 8.24. The summed E-state index contributed by atoms with van der Waals surface area (Å²) < 4.78 is 5.43. The summed E-state index contributed by atoms with van der Waals surface area (Å²) in [7, 11) is 0. The molecule has 1 heterocycles. The summed E-state index contributed by atoms with van der Waals surface area (Å²) in [5, 5.41) is 9.91. The molecule has 3 rings (SSSR count). The van der Waals surface area contributed by atoms with Gasteiger partial charge in [0.1, 0.15) is 11.4 Å². The van der Waals surface area contributed by atoms with Crippen LogP contribution >= 0.6 is 0 Å². The molecule has 5 nitrogen and oxygen atoms in total. The average Bonchev–Trinajstić information content (AvgIpc) is 3.09. The molecule has 0 aliphatic rings. The van der Waals surface area contributed by atoms with Crippen LogP contribution in [0, 0.1) is 13.8 Å². The smallest absolute Gasteiger partial charge is 0.273 e. The van der Waals surface area contributed by atoms with E-state index in [9.17, 15) is 4.79 Å². The van der Waals surface area contributed by atoms with Crippen LogP contribution in [0.4, 0.5) is 5.69 Å². The molecule has 0 spiro atoms. The number of anilines is 1. The predicted octanol–water partition coefficient (Wildman–Crippen LogP) is 4.34. The Morgan fingerprint density at radius 3 is 2.52 bits per heavy atom. The maximum Gasteiger partial charge on any atom is 0.273 e. The van der Waals surface area contributed by atoms with Gasteiger partial charge in [-0.05, 0) is 74.4 Å². The number of rotatable bonds is 5. The highest BCUT2D eigenvalue weighted by Gasteiger charge is 2.12. The Labute approximate surface area is 147 Å². The van der Waals surface area contributed by atoms with Crippen LogP contribution in [-0.4, -0.2) is 22.7 Å². The van der Waals surface area contributed by atoms with Crippen LogP contribution in [0.1, 0.15) is 28.5 Å². The zero-order valence-electron chi connectivity index (χ0n) is 14.6. The molecular formula is C20H21N3O2. The van der Waals surface area contributed by atoms with Crippen molar-refractivity contribution in [3.8, 4) is 17.0 Å². The predicted molar refractivity (Wildman–Crippen MR) is 99.1 cm³/mol. The monoisotopic (exact) mass is 335 g/mol. The highest BCUT2D eigenvalue weighted by Crippen LogP contribution is 2.22. The molecule has 0 aliphatic heterocycles. The molecule has 1 aromatic heterocycles. The van der Waals surface area contributed by atoms with Gasteiger partial charge in [0, 0.05) is 11.3 Å². The zero-order valence-corrected chi connectivity index (χ0v) is 14.6. The summed E-state index contributed by atoms with van der Waals surface area (Å²) in [5.41, 5.74) is 5.15. The largest absolute Gasteiger partial charge is 0.494 e. The topological polar surface area (TPSA) is 67.0 Å². The Bertz CT molecular complexity index is 882. The summed E-state index contributed by atoms with van der Waals surface area (Å²) in [6, 6.07) is 15.2. The highest BCUT2D eigenvalue weighted by atomic mass is 16.5. The maximum absolute atomic E-state index is 12.4. The molecule has 2 aromatic carbocycles. The van der Waals surface area contributed by atoms with Gasteiger partial charge in [-0.3, -0.25) is 9.89 Å². The molecule has 0 aliphatic carbocycles. The summed E-state index contributed by atoms with van der Waals surface area (Å²) in [6.07, 6.45) is 0. The van der Waals surface area contributed by atoms with E-state index in [4.69, 9.17) is 4.74 Å².